The second-order valence-electron chi connectivity index (χ2n) is 4.21. The highest BCUT2D eigenvalue weighted by Gasteiger charge is 2.35. The normalized spacial score (nSPS) is 24.6. The molecular formula is C14H12ClNOS. The maximum absolute atomic E-state index is 12.1. The summed E-state index contributed by atoms with van der Waals surface area (Å²) < 4.78 is 0. The standard InChI is InChI=1S/C14H12ClNOS/c15-9-14(17)16-10-5-1-3-7-12(10)18-13-8-4-2-6-11(13)16/h1-8,10,12H,9H2/t10-,12-/m0/s1. The zero-order chi connectivity index (χ0) is 12.5. The largest absolute Gasteiger partial charge is 0.302 e. The summed E-state index contributed by atoms with van der Waals surface area (Å²) in [6.07, 6.45) is 8.23. The molecule has 0 aromatic heterocycles. The molecule has 1 aromatic rings. The van der Waals surface area contributed by atoms with Crippen LogP contribution in [0.25, 0.3) is 0 Å². The van der Waals surface area contributed by atoms with Crippen molar-refractivity contribution < 1.29 is 4.79 Å². The maximum Gasteiger partial charge on any atom is 0.242 e. The predicted molar refractivity (Wildman–Crippen MR) is 76.4 cm³/mol. The van der Waals surface area contributed by atoms with Gasteiger partial charge in [0.15, 0.2) is 0 Å². The van der Waals surface area contributed by atoms with Gasteiger partial charge < -0.3 is 4.90 Å². The number of hydrogen-bond donors (Lipinski definition) is 0. The molecule has 1 aliphatic heterocycles. The first-order chi connectivity index (χ1) is 8.81. The number of allylic oxidation sites excluding steroid dienone is 2. The summed E-state index contributed by atoms with van der Waals surface area (Å²) in [5.74, 6) is -0.0286. The number of alkyl halides is 1. The van der Waals surface area contributed by atoms with Crippen LogP contribution in [0.2, 0.25) is 0 Å². The molecule has 0 saturated heterocycles. The topological polar surface area (TPSA) is 20.3 Å². The lowest BCUT2D eigenvalue weighted by Gasteiger charge is -2.40. The molecule has 18 heavy (non-hydrogen) atoms. The molecule has 1 aliphatic carbocycles. The number of benzene rings is 1. The van der Waals surface area contributed by atoms with Crippen LogP contribution in [0, 0.1) is 0 Å². The lowest BCUT2D eigenvalue weighted by molar-refractivity contribution is -0.116. The van der Waals surface area contributed by atoms with Gasteiger partial charge in [-0.25, -0.2) is 0 Å². The van der Waals surface area contributed by atoms with Gasteiger partial charge in [-0.3, -0.25) is 4.79 Å². The van der Waals surface area contributed by atoms with Crippen LogP contribution in [-0.4, -0.2) is 23.1 Å². The Morgan fingerprint density at radius 2 is 2.06 bits per heavy atom. The van der Waals surface area contributed by atoms with Gasteiger partial charge in [-0.2, -0.15) is 0 Å². The molecule has 4 heteroatoms. The van der Waals surface area contributed by atoms with Gasteiger partial charge in [0.1, 0.15) is 5.88 Å². The summed E-state index contributed by atoms with van der Waals surface area (Å²) in [6, 6.07) is 8.06. The van der Waals surface area contributed by atoms with E-state index in [4.69, 9.17) is 11.6 Å². The van der Waals surface area contributed by atoms with E-state index in [0.717, 1.165) is 10.6 Å². The van der Waals surface area contributed by atoms with E-state index in [1.165, 1.54) is 0 Å². The molecule has 1 heterocycles. The summed E-state index contributed by atoms with van der Waals surface area (Å²) in [5, 5.41) is 0.275. The summed E-state index contributed by atoms with van der Waals surface area (Å²) in [4.78, 5) is 15.1. The van der Waals surface area contributed by atoms with E-state index in [0.29, 0.717) is 0 Å². The first kappa shape index (κ1) is 11.9. The number of hydrogen-bond acceptors (Lipinski definition) is 2. The number of nitrogens with zero attached hydrogens (tertiary/aromatic N) is 1. The quantitative estimate of drug-likeness (QED) is 0.735. The van der Waals surface area contributed by atoms with Crippen LogP contribution in [0.15, 0.2) is 53.5 Å². The third-order valence-electron chi connectivity index (χ3n) is 3.13. The van der Waals surface area contributed by atoms with Gasteiger partial charge in [0.25, 0.3) is 0 Å². The number of carbonyl (C=O) groups is 1. The van der Waals surface area contributed by atoms with Crippen LogP contribution in [0.3, 0.4) is 0 Å². The second kappa shape index (κ2) is 4.82. The average Bonchev–Trinajstić information content (AvgIpc) is 2.44. The van der Waals surface area contributed by atoms with Crippen molar-refractivity contribution in [2.45, 2.75) is 16.2 Å². The van der Waals surface area contributed by atoms with Crippen LogP contribution in [-0.2, 0) is 4.79 Å². The number of carbonyl (C=O) groups excluding carboxylic acids is 1. The summed E-state index contributed by atoms with van der Waals surface area (Å²) in [5.41, 5.74) is 0.967. The highest BCUT2D eigenvalue weighted by molar-refractivity contribution is 8.00. The zero-order valence-corrected chi connectivity index (χ0v) is 11.2. The highest BCUT2D eigenvalue weighted by Crippen LogP contribution is 2.43. The molecular weight excluding hydrogens is 266 g/mol. The van der Waals surface area contributed by atoms with Gasteiger partial charge in [-0.15, -0.1) is 23.4 Å². The molecule has 0 fully saturated rings. The number of fused-ring (bicyclic) bond motifs is 2. The van der Waals surface area contributed by atoms with E-state index < -0.39 is 0 Å². The van der Waals surface area contributed by atoms with Crippen molar-refractivity contribution in [3.63, 3.8) is 0 Å². The first-order valence-electron chi connectivity index (χ1n) is 5.80. The Hall–Kier alpha value is -1.19. The molecule has 0 radical (unpaired) electrons. The Bertz CT molecular complexity index is 540. The number of rotatable bonds is 1. The Morgan fingerprint density at radius 3 is 2.89 bits per heavy atom. The second-order valence-corrected chi connectivity index (χ2v) is 5.70. The van der Waals surface area contributed by atoms with Gasteiger partial charge in [0.2, 0.25) is 5.91 Å². The average molecular weight is 278 g/mol. The molecule has 0 saturated carbocycles. The van der Waals surface area contributed by atoms with E-state index in [-0.39, 0.29) is 23.1 Å². The zero-order valence-electron chi connectivity index (χ0n) is 9.62. The Morgan fingerprint density at radius 1 is 1.28 bits per heavy atom. The van der Waals surface area contributed by atoms with Crippen molar-refractivity contribution in [1.29, 1.82) is 0 Å². The number of anilines is 1. The SMILES string of the molecule is O=C(CCl)N1c2ccccc2S[C@H]2C=CC=C[C@@H]21. The van der Waals surface area contributed by atoms with Crippen LogP contribution in [0.1, 0.15) is 0 Å². The lowest BCUT2D eigenvalue weighted by atomic mass is 10.0. The summed E-state index contributed by atoms with van der Waals surface area (Å²) in [6.45, 7) is 0. The highest BCUT2D eigenvalue weighted by atomic mass is 35.5. The minimum atomic E-state index is -0.0423. The van der Waals surface area contributed by atoms with E-state index in [1.54, 1.807) is 11.8 Å². The minimum absolute atomic E-state index is 0.0137. The van der Waals surface area contributed by atoms with Crippen molar-refractivity contribution >= 4 is 35.0 Å². The fourth-order valence-electron chi connectivity index (χ4n) is 2.35. The van der Waals surface area contributed by atoms with E-state index in [9.17, 15) is 4.79 Å². The molecule has 0 bridgehead atoms. The molecule has 3 rings (SSSR count). The Labute approximate surface area is 115 Å². The summed E-state index contributed by atoms with van der Waals surface area (Å²) in [7, 11) is 0. The Kier molecular flexibility index (Phi) is 3.18. The van der Waals surface area contributed by atoms with Crippen LogP contribution < -0.4 is 4.90 Å². The van der Waals surface area contributed by atoms with Gasteiger partial charge in [-0.1, -0.05) is 36.4 Å². The maximum atomic E-state index is 12.1. The predicted octanol–water partition coefficient (Wildman–Crippen LogP) is 3.23. The third-order valence-corrected chi connectivity index (χ3v) is 4.66. The van der Waals surface area contributed by atoms with Gasteiger partial charge in [0.05, 0.1) is 17.0 Å². The Balaban J connectivity index is 2.10. The monoisotopic (exact) mass is 277 g/mol. The molecule has 2 aliphatic rings. The molecule has 2 atom stereocenters. The van der Waals surface area contributed by atoms with Crippen molar-refractivity contribution in [3.05, 3.63) is 48.6 Å². The number of para-hydroxylation sites is 1. The van der Waals surface area contributed by atoms with Crippen molar-refractivity contribution in [1.82, 2.24) is 0 Å². The van der Waals surface area contributed by atoms with Gasteiger partial charge >= 0.3 is 0 Å². The molecule has 0 spiro atoms. The summed E-state index contributed by atoms with van der Waals surface area (Å²) >= 11 is 7.54. The number of amides is 1. The fourth-order valence-corrected chi connectivity index (χ4v) is 3.73. The number of thioether (sulfide) groups is 1. The van der Waals surface area contributed by atoms with E-state index in [1.807, 2.05) is 35.3 Å². The molecule has 92 valence electrons. The van der Waals surface area contributed by atoms with Crippen molar-refractivity contribution in [2.24, 2.45) is 0 Å². The molecule has 1 amide bonds. The van der Waals surface area contributed by atoms with Crippen molar-refractivity contribution in [3.8, 4) is 0 Å². The fraction of sp³-hybridized carbons (Fsp3) is 0.214. The molecule has 2 nitrogen and oxygen atoms in total. The third kappa shape index (κ3) is 1.88. The van der Waals surface area contributed by atoms with Crippen LogP contribution in [0.4, 0.5) is 5.69 Å². The molecule has 0 unspecified atom stereocenters. The molecule has 0 N–H and O–H groups in total. The lowest BCUT2D eigenvalue weighted by Crippen LogP contribution is -2.48. The van der Waals surface area contributed by atoms with Crippen LogP contribution >= 0.6 is 23.4 Å². The number of halogens is 1. The van der Waals surface area contributed by atoms with E-state index in [2.05, 4.69) is 18.2 Å². The smallest absolute Gasteiger partial charge is 0.242 e. The first-order valence-corrected chi connectivity index (χ1v) is 7.21. The van der Waals surface area contributed by atoms with Crippen LogP contribution in [0.5, 0.6) is 0 Å². The van der Waals surface area contributed by atoms with E-state index >= 15 is 0 Å². The van der Waals surface area contributed by atoms with Gasteiger partial charge in [-0.05, 0) is 12.1 Å². The van der Waals surface area contributed by atoms with Crippen molar-refractivity contribution in [2.75, 3.05) is 10.8 Å². The van der Waals surface area contributed by atoms with Gasteiger partial charge in [0, 0.05) is 4.90 Å². The molecule has 1 aromatic carbocycles. The minimum Gasteiger partial charge on any atom is -0.302 e.